The van der Waals surface area contributed by atoms with Gasteiger partial charge in [-0.3, -0.25) is 9.59 Å². The fourth-order valence-corrected chi connectivity index (χ4v) is 2.52. The molecule has 26 heavy (non-hydrogen) atoms. The number of aryl methyl sites for hydroxylation is 1. The summed E-state index contributed by atoms with van der Waals surface area (Å²) < 4.78 is 5.03. The molecule has 0 fully saturated rings. The predicted molar refractivity (Wildman–Crippen MR) is 97.5 cm³/mol. The van der Waals surface area contributed by atoms with Gasteiger partial charge in [0.05, 0.1) is 6.04 Å². The van der Waals surface area contributed by atoms with E-state index in [-0.39, 0.29) is 24.4 Å². The van der Waals surface area contributed by atoms with Crippen LogP contribution < -0.4 is 5.32 Å². The van der Waals surface area contributed by atoms with Crippen LogP contribution in [-0.2, 0) is 9.53 Å². The molecule has 0 aliphatic heterocycles. The second-order valence-corrected chi connectivity index (χ2v) is 6.03. The van der Waals surface area contributed by atoms with E-state index in [4.69, 9.17) is 4.74 Å². The Balaban J connectivity index is 2.24. The molecule has 1 unspecified atom stereocenters. The smallest absolute Gasteiger partial charge is 0.274 e. The number of rotatable bonds is 7. The van der Waals surface area contributed by atoms with Gasteiger partial charge in [0.15, 0.2) is 5.69 Å². The highest BCUT2D eigenvalue weighted by Gasteiger charge is 2.26. The molecule has 0 bridgehead atoms. The zero-order chi connectivity index (χ0) is 19.1. The summed E-state index contributed by atoms with van der Waals surface area (Å²) >= 11 is 0. The maximum absolute atomic E-state index is 12.9. The molecular formula is C19H24N4O3. The highest BCUT2D eigenvalue weighted by Crippen LogP contribution is 2.21. The van der Waals surface area contributed by atoms with E-state index < -0.39 is 6.10 Å². The van der Waals surface area contributed by atoms with E-state index in [0.29, 0.717) is 5.69 Å². The zero-order valence-electron chi connectivity index (χ0n) is 15.5. The number of carbonyl (C=O) groups excluding carboxylic acids is 2. The average Bonchev–Trinajstić information content (AvgIpc) is 2.67. The van der Waals surface area contributed by atoms with Crippen LogP contribution in [0, 0.1) is 6.92 Å². The van der Waals surface area contributed by atoms with Crippen LogP contribution in [0.25, 0.3) is 0 Å². The molecule has 7 nitrogen and oxygen atoms in total. The predicted octanol–water partition coefficient (Wildman–Crippen LogP) is 1.75. The van der Waals surface area contributed by atoms with Crippen molar-refractivity contribution in [2.75, 3.05) is 20.7 Å². The number of nitrogens with one attached hydrogen (secondary N) is 1. The van der Waals surface area contributed by atoms with Gasteiger partial charge in [-0.05, 0) is 31.0 Å². The first-order valence-corrected chi connectivity index (χ1v) is 8.36. The number of carbonyl (C=O) groups is 2. The third kappa shape index (κ3) is 4.64. The van der Waals surface area contributed by atoms with Gasteiger partial charge in [-0.15, -0.1) is 5.10 Å². The second kappa shape index (κ2) is 9.05. The topological polar surface area (TPSA) is 84.4 Å². The van der Waals surface area contributed by atoms with Crippen molar-refractivity contribution < 1.29 is 14.3 Å². The second-order valence-electron chi connectivity index (χ2n) is 6.03. The van der Waals surface area contributed by atoms with E-state index in [9.17, 15) is 9.59 Å². The third-order valence-electron chi connectivity index (χ3n) is 4.29. The standard InChI is InChI=1S/C19H24N4O3/c1-13-10-11-21-22-17(13)19(25)23(3)16(15-8-6-5-7-9-15)12-20-18(24)14(2)26-4/h5-11,14,16H,12H2,1-4H3,(H,20,24)/t14-,16?/m1/s1. The summed E-state index contributed by atoms with van der Waals surface area (Å²) in [6.45, 7) is 3.75. The zero-order valence-corrected chi connectivity index (χ0v) is 15.5. The lowest BCUT2D eigenvalue weighted by Gasteiger charge is -2.29. The van der Waals surface area contributed by atoms with Crippen LogP contribution >= 0.6 is 0 Å². The average molecular weight is 356 g/mol. The quantitative estimate of drug-likeness (QED) is 0.817. The Kier molecular flexibility index (Phi) is 6.80. The van der Waals surface area contributed by atoms with Crippen molar-refractivity contribution in [1.29, 1.82) is 0 Å². The van der Waals surface area contributed by atoms with E-state index in [2.05, 4.69) is 15.5 Å². The van der Waals surface area contributed by atoms with Gasteiger partial charge in [0.2, 0.25) is 5.91 Å². The maximum atomic E-state index is 12.9. The van der Waals surface area contributed by atoms with Gasteiger partial charge in [0.1, 0.15) is 6.10 Å². The van der Waals surface area contributed by atoms with Crippen molar-refractivity contribution in [3.8, 4) is 0 Å². The van der Waals surface area contributed by atoms with Crippen molar-refractivity contribution >= 4 is 11.8 Å². The van der Waals surface area contributed by atoms with E-state index >= 15 is 0 Å². The van der Waals surface area contributed by atoms with Crippen molar-refractivity contribution in [3.63, 3.8) is 0 Å². The first kappa shape index (κ1) is 19.5. The molecule has 1 aromatic heterocycles. The number of benzene rings is 1. The van der Waals surface area contributed by atoms with Crippen molar-refractivity contribution in [2.45, 2.75) is 26.0 Å². The monoisotopic (exact) mass is 356 g/mol. The Hall–Kier alpha value is -2.80. The van der Waals surface area contributed by atoms with Crippen molar-refractivity contribution in [2.24, 2.45) is 0 Å². The van der Waals surface area contributed by atoms with Crippen molar-refractivity contribution in [1.82, 2.24) is 20.4 Å². The summed E-state index contributed by atoms with van der Waals surface area (Å²) in [6.07, 6.45) is 0.988. The fourth-order valence-electron chi connectivity index (χ4n) is 2.52. The lowest BCUT2D eigenvalue weighted by molar-refractivity contribution is -0.130. The highest BCUT2D eigenvalue weighted by atomic mass is 16.5. The minimum Gasteiger partial charge on any atom is -0.372 e. The largest absolute Gasteiger partial charge is 0.372 e. The molecule has 2 amide bonds. The van der Waals surface area contributed by atoms with Gasteiger partial charge < -0.3 is 15.0 Å². The molecule has 0 aliphatic rings. The lowest BCUT2D eigenvalue weighted by Crippen LogP contribution is -2.42. The number of hydrogen-bond acceptors (Lipinski definition) is 5. The molecule has 138 valence electrons. The summed E-state index contributed by atoms with van der Waals surface area (Å²) in [5.74, 6) is -0.483. The summed E-state index contributed by atoms with van der Waals surface area (Å²) in [7, 11) is 3.17. The number of nitrogens with zero attached hydrogens (tertiary/aromatic N) is 3. The molecule has 1 N–H and O–H groups in total. The molecule has 0 spiro atoms. The van der Waals surface area contributed by atoms with Crippen LogP contribution in [0.2, 0.25) is 0 Å². The van der Waals surface area contributed by atoms with E-state index in [1.807, 2.05) is 37.3 Å². The van der Waals surface area contributed by atoms with Gasteiger partial charge in [0.25, 0.3) is 5.91 Å². The first-order chi connectivity index (χ1) is 12.5. The third-order valence-corrected chi connectivity index (χ3v) is 4.29. The van der Waals surface area contributed by atoms with Gasteiger partial charge in [0, 0.05) is 26.9 Å². The molecule has 2 atom stereocenters. The Morgan fingerprint density at radius 1 is 1.23 bits per heavy atom. The molecule has 0 aliphatic carbocycles. The van der Waals surface area contributed by atoms with Gasteiger partial charge in [-0.2, -0.15) is 5.10 Å². The summed E-state index contributed by atoms with van der Waals surface area (Å²) in [5, 5.41) is 10.6. The Morgan fingerprint density at radius 2 is 1.92 bits per heavy atom. The molecule has 7 heteroatoms. The Morgan fingerprint density at radius 3 is 2.54 bits per heavy atom. The molecule has 0 saturated heterocycles. The van der Waals surface area contributed by atoms with Gasteiger partial charge in [-0.25, -0.2) is 0 Å². The molecule has 0 radical (unpaired) electrons. The van der Waals surface area contributed by atoms with Crippen LogP contribution in [0.4, 0.5) is 0 Å². The highest BCUT2D eigenvalue weighted by molar-refractivity contribution is 5.93. The summed E-state index contributed by atoms with van der Waals surface area (Å²) in [4.78, 5) is 26.5. The molecule has 1 heterocycles. The number of ether oxygens (including phenoxy) is 1. The minimum atomic E-state index is -0.560. The van der Waals surface area contributed by atoms with Crippen LogP contribution in [0.3, 0.4) is 0 Å². The number of methoxy groups -OCH3 is 1. The number of amides is 2. The molecular weight excluding hydrogens is 332 g/mol. The minimum absolute atomic E-state index is 0.232. The fraction of sp³-hybridized carbons (Fsp3) is 0.368. The first-order valence-electron chi connectivity index (χ1n) is 8.36. The Bertz CT molecular complexity index is 751. The molecule has 2 rings (SSSR count). The SMILES string of the molecule is CO[C@H](C)C(=O)NCC(c1ccccc1)N(C)C(=O)c1nnccc1C. The van der Waals surface area contributed by atoms with E-state index in [1.165, 1.54) is 7.11 Å². The van der Waals surface area contributed by atoms with Crippen LogP contribution in [0.15, 0.2) is 42.6 Å². The van der Waals surface area contributed by atoms with Gasteiger partial charge in [-0.1, -0.05) is 30.3 Å². The van der Waals surface area contributed by atoms with Crippen LogP contribution in [-0.4, -0.2) is 53.7 Å². The van der Waals surface area contributed by atoms with Crippen molar-refractivity contribution in [3.05, 3.63) is 59.4 Å². The molecule has 2 aromatic rings. The number of aromatic nitrogens is 2. The lowest BCUT2D eigenvalue weighted by atomic mass is 10.0. The molecule has 0 saturated carbocycles. The summed E-state index contributed by atoms with van der Waals surface area (Å²) in [5.41, 5.74) is 1.96. The van der Waals surface area contributed by atoms with Crippen LogP contribution in [0.5, 0.6) is 0 Å². The summed E-state index contributed by atoms with van der Waals surface area (Å²) in [6, 6.07) is 10.9. The normalized spacial score (nSPS) is 12.9. The van der Waals surface area contributed by atoms with Gasteiger partial charge >= 0.3 is 0 Å². The van der Waals surface area contributed by atoms with E-state index in [0.717, 1.165) is 11.1 Å². The Labute approximate surface area is 153 Å². The number of likely N-dealkylation sites (N-methyl/N-ethyl adjacent to an activating group) is 1. The maximum Gasteiger partial charge on any atom is 0.274 e. The molecule has 1 aromatic carbocycles. The van der Waals surface area contributed by atoms with E-state index in [1.54, 1.807) is 31.1 Å². The van der Waals surface area contributed by atoms with Crippen LogP contribution in [0.1, 0.15) is 34.6 Å². The number of hydrogen-bond donors (Lipinski definition) is 1.